The fourth-order valence-corrected chi connectivity index (χ4v) is 3.07. The number of benzene rings is 2. The molecule has 2 aromatic carbocycles. The van der Waals surface area contributed by atoms with Gasteiger partial charge in [-0.3, -0.25) is 9.36 Å². The Morgan fingerprint density at radius 2 is 1.93 bits per heavy atom. The third-order valence-corrected chi connectivity index (χ3v) is 4.62. The van der Waals surface area contributed by atoms with Gasteiger partial charge in [0.25, 0.3) is 0 Å². The van der Waals surface area contributed by atoms with Crippen LogP contribution in [0.5, 0.6) is 0 Å². The molecule has 0 bridgehead atoms. The third kappa shape index (κ3) is 4.49. The normalized spacial score (nSPS) is 13.6. The molecule has 28 heavy (non-hydrogen) atoms. The number of fused-ring (bicyclic) bond motifs is 1. The van der Waals surface area contributed by atoms with Gasteiger partial charge in [-0.1, -0.05) is 30.3 Å². The van der Waals surface area contributed by atoms with Crippen molar-refractivity contribution in [3.8, 4) is 0 Å². The van der Waals surface area contributed by atoms with Gasteiger partial charge in [0.2, 0.25) is 5.91 Å². The molecule has 0 fully saturated rings. The molecular weight excluding hydrogens is 358 g/mol. The molecule has 1 heterocycles. The summed E-state index contributed by atoms with van der Waals surface area (Å²) in [5, 5.41) is 13.4. The van der Waals surface area contributed by atoms with Crippen molar-refractivity contribution in [3.05, 3.63) is 64.6 Å². The number of likely N-dealkylation sites (N-methyl/N-ethyl adjacent to an activating group) is 1. The van der Waals surface area contributed by atoms with Crippen molar-refractivity contribution in [1.29, 1.82) is 0 Å². The van der Waals surface area contributed by atoms with Gasteiger partial charge in [-0.25, -0.2) is 4.79 Å². The fraction of sp³-hybridized carbons (Fsp3) is 0.333. The van der Waals surface area contributed by atoms with Gasteiger partial charge in [0.1, 0.15) is 0 Å². The zero-order valence-electron chi connectivity index (χ0n) is 16.3. The highest BCUT2D eigenvalue weighted by molar-refractivity contribution is 5.93. The van der Waals surface area contributed by atoms with Gasteiger partial charge >= 0.3 is 5.76 Å². The number of oxazole rings is 1. The molecule has 1 unspecified atom stereocenters. The Morgan fingerprint density at radius 1 is 1.21 bits per heavy atom. The number of rotatable bonds is 7. The van der Waals surface area contributed by atoms with E-state index in [1.807, 2.05) is 37.2 Å². The standard InChI is InChI=1S/C21H25N3O4/c1-21(27,15-7-5-4-6-8-15)14-19(25)22-16-9-10-18-17(13-16)24(20(26)28-18)12-11-23(2)3/h4-10,13,27H,11-12,14H2,1-3H3,(H,22,25). The average molecular weight is 383 g/mol. The van der Waals surface area contributed by atoms with Crippen molar-refractivity contribution in [3.63, 3.8) is 0 Å². The number of hydrogen-bond acceptors (Lipinski definition) is 5. The summed E-state index contributed by atoms with van der Waals surface area (Å²) in [6.07, 6.45) is -0.0894. The Labute approximate surface area is 163 Å². The van der Waals surface area contributed by atoms with Gasteiger partial charge in [-0.15, -0.1) is 0 Å². The SMILES string of the molecule is CN(C)CCn1c(=O)oc2ccc(NC(=O)CC(C)(O)c3ccccc3)cc21. The van der Waals surface area contributed by atoms with Crippen LogP contribution >= 0.6 is 0 Å². The molecule has 2 N–H and O–H groups in total. The van der Waals surface area contributed by atoms with Crippen LogP contribution in [0.15, 0.2) is 57.7 Å². The van der Waals surface area contributed by atoms with Crippen molar-refractivity contribution >= 4 is 22.7 Å². The van der Waals surface area contributed by atoms with Crippen LogP contribution in [-0.4, -0.2) is 41.1 Å². The molecule has 3 aromatic rings. The molecule has 0 spiro atoms. The average Bonchev–Trinajstić information content (AvgIpc) is 2.94. The van der Waals surface area contributed by atoms with Crippen LogP contribution in [0.2, 0.25) is 0 Å². The quantitative estimate of drug-likeness (QED) is 0.654. The first kappa shape index (κ1) is 19.9. The van der Waals surface area contributed by atoms with Crippen molar-refractivity contribution in [1.82, 2.24) is 9.47 Å². The molecule has 0 saturated heterocycles. The fourth-order valence-electron chi connectivity index (χ4n) is 3.07. The molecule has 3 rings (SSSR count). The van der Waals surface area contributed by atoms with Crippen LogP contribution in [0, 0.1) is 0 Å². The molecule has 0 aliphatic rings. The second kappa shape index (κ2) is 8.00. The summed E-state index contributed by atoms with van der Waals surface area (Å²) in [5.41, 5.74) is 1.03. The predicted octanol–water partition coefficient (Wildman–Crippen LogP) is 2.39. The smallest absolute Gasteiger partial charge is 0.408 e. The van der Waals surface area contributed by atoms with E-state index in [1.165, 1.54) is 0 Å². The highest BCUT2D eigenvalue weighted by Gasteiger charge is 2.26. The molecule has 7 nitrogen and oxygen atoms in total. The lowest BCUT2D eigenvalue weighted by Crippen LogP contribution is -2.28. The summed E-state index contributed by atoms with van der Waals surface area (Å²) in [4.78, 5) is 26.5. The zero-order chi connectivity index (χ0) is 20.3. The van der Waals surface area contributed by atoms with Crippen LogP contribution in [0.1, 0.15) is 18.9 Å². The van der Waals surface area contributed by atoms with Gasteiger partial charge in [0, 0.05) is 18.8 Å². The highest BCUT2D eigenvalue weighted by Crippen LogP contribution is 2.25. The summed E-state index contributed by atoms with van der Waals surface area (Å²) < 4.78 is 6.81. The summed E-state index contributed by atoms with van der Waals surface area (Å²) in [7, 11) is 3.86. The number of aromatic nitrogens is 1. The Hall–Kier alpha value is -2.90. The number of hydrogen-bond donors (Lipinski definition) is 2. The maximum atomic E-state index is 12.5. The van der Waals surface area contributed by atoms with E-state index in [0.717, 1.165) is 0 Å². The lowest BCUT2D eigenvalue weighted by Gasteiger charge is -2.23. The van der Waals surface area contributed by atoms with Crippen molar-refractivity contribution < 1.29 is 14.3 Å². The van der Waals surface area contributed by atoms with Crippen molar-refractivity contribution in [2.24, 2.45) is 0 Å². The van der Waals surface area contributed by atoms with Crippen LogP contribution in [-0.2, 0) is 16.9 Å². The maximum absolute atomic E-state index is 12.5. The Balaban J connectivity index is 1.77. The molecular formula is C21H25N3O4. The largest absolute Gasteiger partial charge is 0.419 e. The maximum Gasteiger partial charge on any atom is 0.419 e. The summed E-state index contributed by atoms with van der Waals surface area (Å²) in [5.74, 6) is -0.744. The van der Waals surface area contributed by atoms with Gasteiger partial charge in [-0.2, -0.15) is 0 Å². The van der Waals surface area contributed by atoms with Crippen LogP contribution in [0.3, 0.4) is 0 Å². The van der Waals surface area contributed by atoms with E-state index in [4.69, 9.17) is 4.42 Å². The molecule has 0 saturated carbocycles. The second-order valence-corrected chi connectivity index (χ2v) is 7.37. The molecule has 0 aliphatic carbocycles. The number of aliphatic hydroxyl groups is 1. The van der Waals surface area contributed by atoms with E-state index in [2.05, 4.69) is 5.32 Å². The van der Waals surface area contributed by atoms with Gasteiger partial charge in [0.15, 0.2) is 5.58 Å². The molecule has 7 heteroatoms. The second-order valence-electron chi connectivity index (χ2n) is 7.37. The molecule has 0 radical (unpaired) electrons. The lowest BCUT2D eigenvalue weighted by atomic mass is 9.92. The number of nitrogens with one attached hydrogen (secondary N) is 1. The third-order valence-electron chi connectivity index (χ3n) is 4.62. The monoisotopic (exact) mass is 383 g/mol. The predicted molar refractivity (Wildman–Crippen MR) is 108 cm³/mol. The van der Waals surface area contributed by atoms with E-state index >= 15 is 0 Å². The Bertz CT molecular complexity index is 1020. The number of carbonyl (C=O) groups is 1. The molecule has 1 aromatic heterocycles. The number of anilines is 1. The zero-order valence-corrected chi connectivity index (χ0v) is 16.3. The van der Waals surface area contributed by atoms with Crippen LogP contribution in [0.25, 0.3) is 11.1 Å². The number of carbonyl (C=O) groups excluding carboxylic acids is 1. The van der Waals surface area contributed by atoms with E-state index in [1.54, 1.807) is 41.8 Å². The molecule has 148 valence electrons. The summed E-state index contributed by atoms with van der Waals surface area (Å²) in [6.45, 7) is 2.78. The van der Waals surface area contributed by atoms with Crippen LogP contribution < -0.4 is 11.1 Å². The lowest BCUT2D eigenvalue weighted by molar-refractivity contribution is -0.120. The van der Waals surface area contributed by atoms with Crippen LogP contribution in [0.4, 0.5) is 5.69 Å². The van der Waals surface area contributed by atoms with Crippen molar-refractivity contribution in [2.45, 2.75) is 25.5 Å². The van der Waals surface area contributed by atoms with Gasteiger partial charge in [-0.05, 0) is 44.8 Å². The minimum absolute atomic E-state index is 0.0894. The Kier molecular flexibility index (Phi) is 5.67. The number of nitrogens with zero attached hydrogens (tertiary/aromatic N) is 2. The van der Waals surface area contributed by atoms with E-state index < -0.39 is 11.4 Å². The minimum atomic E-state index is -1.28. The number of amides is 1. The van der Waals surface area contributed by atoms with Crippen molar-refractivity contribution in [2.75, 3.05) is 26.0 Å². The first-order chi connectivity index (χ1) is 13.3. The molecule has 1 amide bonds. The first-order valence-electron chi connectivity index (χ1n) is 9.12. The molecule has 0 aliphatic heterocycles. The minimum Gasteiger partial charge on any atom is -0.408 e. The summed E-state index contributed by atoms with van der Waals surface area (Å²) >= 11 is 0. The summed E-state index contributed by atoms with van der Waals surface area (Å²) in [6, 6.07) is 14.1. The van der Waals surface area contributed by atoms with Gasteiger partial charge < -0.3 is 19.7 Å². The van der Waals surface area contributed by atoms with E-state index in [0.29, 0.717) is 35.4 Å². The molecule has 1 atom stereocenters. The highest BCUT2D eigenvalue weighted by atomic mass is 16.4. The topological polar surface area (TPSA) is 87.7 Å². The Morgan fingerprint density at radius 3 is 2.61 bits per heavy atom. The van der Waals surface area contributed by atoms with Gasteiger partial charge in [0.05, 0.1) is 17.5 Å². The van der Waals surface area contributed by atoms with E-state index in [9.17, 15) is 14.7 Å². The first-order valence-corrected chi connectivity index (χ1v) is 9.12. The van der Waals surface area contributed by atoms with E-state index in [-0.39, 0.29) is 12.3 Å².